The first-order valence-electron chi connectivity index (χ1n) is 12.3. The second kappa shape index (κ2) is 9.98. The van der Waals surface area contributed by atoms with Gasteiger partial charge in [-0.2, -0.15) is 0 Å². The van der Waals surface area contributed by atoms with E-state index >= 15 is 0 Å². The number of halogens is 1. The number of amides is 2. The van der Waals surface area contributed by atoms with Crippen molar-refractivity contribution in [2.24, 2.45) is 10.9 Å². The summed E-state index contributed by atoms with van der Waals surface area (Å²) >= 11 is 3.44. The fourth-order valence-corrected chi connectivity index (χ4v) is 5.43. The number of benzene rings is 2. The van der Waals surface area contributed by atoms with Crippen LogP contribution in [0.1, 0.15) is 45.7 Å². The number of carbonyl (C=O) groups excluding carboxylic acids is 4. The van der Waals surface area contributed by atoms with Crippen molar-refractivity contribution in [2.75, 3.05) is 18.1 Å². The number of esters is 2. The highest BCUT2D eigenvalue weighted by atomic mass is 79.9. The average molecular weight is 585 g/mol. The molecule has 0 fully saturated rings. The van der Waals surface area contributed by atoms with Gasteiger partial charge in [-0.05, 0) is 63.9 Å². The molecule has 3 atom stereocenters. The van der Waals surface area contributed by atoms with Crippen molar-refractivity contribution >= 4 is 51.8 Å². The van der Waals surface area contributed by atoms with Gasteiger partial charge in [0.2, 0.25) is 0 Å². The van der Waals surface area contributed by atoms with Gasteiger partial charge in [0.1, 0.15) is 16.9 Å². The van der Waals surface area contributed by atoms with Gasteiger partial charge in [0.05, 0.1) is 18.9 Å². The average Bonchev–Trinajstić information content (AvgIpc) is 3.33. The third-order valence-corrected chi connectivity index (χ3v) is 6.94. The maximum absolute atomic E-state index is 14.4. The highest BCUT2D eigenvalue weighted by molar-refractivity contribution is 9.10. The summed E-state index contributed by atoms with van der Waals surface area (Å²) in [4.78, 5) is 60.8. The molecule has 0 unspecified atom stereocenters. The Morgan fingerprint density at radius 1 is 1.03 bits per heavy atom. The summed E-state index contributed by atoms with van der Waals surface area (Å²) in [5, 5.41) is 0. The fraction of sp³-hybridized carbons (Fsp3) is 0.393. The van der Waals surface area contributed by atoms with Crippen LogP contribution in [0.2, 0.25) is 0 Å². The predicted molar refractivity (Wildman–Crippen MR) is 143 cm³/mol. The summed E-state index contributed by atoms with van der Waals surface area (Å²) in [6, 6.07) is 13.3. The van der Waals surface area contributed by atoms with Gasteiger partial charge in [-0.1, -0.05) is 46.3 Å². The first kappa shape index (κ1) is 27.5. The summed E-state index contributed by atoms with van der Waals surface area (Å²) in [7, 11) is 0. The zero-order valence-corrected chi connectivity index (χ0v) is 23.4. The molecule has 0 aliphatic carbocycles. The molecule has 1 spiro atoms. The number of hydrogen-bond donors (Lipinski definition) is 0. The van der Waals surface area contributed by atoms with Gasteiger partial charge in [0, 0.05) is 10.7 Å². The standard InChI is InChI=1S/C28H29BrN2O7/c1-6-36-22(32)21-27(16-30-28(21,24(34)37-7-2)17-11-9-8-10-12-17)19-15-18(29)13-14-20(19)31(23(27)33)25(35)38-26(3,4)5/h8-16,21H,6-7H2,1-5H3/t21-,27+,28-/m1/s1. The van der Waals surface area contributed by atoms with Gasteiger partial charge in [0.15, 0.2) is 5.54 Å². The van der Waals surface area contributed by atoms with Gasteiger partial charge >= 0.3 is 18.0 Å². The van der Waals surface area contributed by atoms with Crippen LogP contribution in [-0.2, 0) is 39.5 Å². The molecule has 10 heteroatoms. The molecule has 38 heavy (non-hydrogen) atoms. The number of aliphatic imine (C=N–C) groups is 1. The highest BCUT2D eigenvalue weighted by Crippen LogP contribution is 2.57. The van der Waals surface area contributed by atoms with Crippen molar-refractivity contribution < 1.29 is 33.4 Å². The molecular weight excluding hydrogens is 556 g/mol. The second-order valence-electron chi connectivity index (χ2n) is 9.95. The Bertz CT molecular complexity index is 1320. The van der Waals surface area contributed by atoms with Crippen LogP contribution in [0.5, 0.6) is 0 Å². The Balaban J connectivity index is 2.03. The number of anilines is 1. The Labute approximate surface area is 229 Å². The van der Waals surface area contributed by atoms with E-state index in [0.717, 1.165) is 4.90 Å². The molecule has 2 amide bonds. The molecule has 200 valence electrons. The maximum Gasteiger partial charge on any atom is 0.421 e. The quantitative estimate of drug-likeness (QED) is 0.370. The first-order chi connectivity index (χ1) is 17.9. The number of fused-ring (bicyclic) bond motifs is 2. The third kappa shape index (κ3) is 4.20. The van der Waals surface area contributed by atoms with Crippen LogP contribution in [0, 0.1) is 5.92 Å². The molecule has 2 aliphatic heterocycles. The van der Waals surface area contributed by atoms with Gasteiger partial charge in [-0.3, -0.25) is 14.6 Å². The molecule has 0 saturated carbocycles. The van der Waals surface area contributed by atoms with E-state index in [-0.39, 0.29) is 18.9 Å². The van der Waals surface area contributed by atoms with Gasteiger partial charge in [-0.25, -0.2) is 14.5 Å². The molecule has 2 aliphatic rings. The van der Waals surface area contributed by atoms with Crippen LogP contribution in [0.4, 0.5) is 10.5 Å². The van der Waals surface area contributed by atoms with Gasteiger partial charge in [-0.15, -0.1) is 0 Å². The smallest absolute Gasteiger partial charge is 0.421 e. The van der Waals surface area contributed by atoms with E-state index < -0.39 is 46.4 Å². The van der Waals surface area contributed by atoms with Crippen molar-refractivity contribution in [1.29, 1.82) is 0 Å². The molecule has 0 bridgehead atoms. The molecule has 9 nitrogen and oxygen atoms in total. The first-order valence-corrected chi connectivity index (χ1v) is 13.1. The number of rotatable bonds is 5. The largest absolute Gasteiger partial charge is 0.466 e. The minimum atomic E-state index is -1.94. The van der Waals surface area contributed by atoms with Crippen molar-refractivity contribution in [1.82, 2.24) is 0 Å². The van der Waals surface area contributed by atoms with Crippen LogP contribution in [-0.4, -0.2) is 49.0 Å². The Kier molecular flexibility index (Phi) is 7.22. The monoisotopic (exact) mass is 584 g/mol. The van der Waals surface area contributed by atoms with E-state index in [0.29, 0.717) is 15.6 Å². The van der Waals surface area contributed by atoms with Gasteiger partial charge in [0.25, 0.3) is 5.91 Å². The Hall–Kier alpha value is -3.53. The van der Waals surface area contributed by atoms with Crippen molar-refractivity contribution in [3.63, 3.8) is 0 Å². The lowest BCUT2D eigenvalue weighted by Gasteiger charge is -2.36. The normalized spacial score (nSPS) is 23.9. The lowest BCUT2D eigenvalue weighted by atomic mass is 9.64. The van der Waals surface area contributed by atoms with E-state index in [9.17, 15) is 19.2 Å². The lowest BCUT2D eigenvalue weighted by Crippen LogP contribution is -2.57. The highest BCUT2D eigenvalue weighted by Gasteiger charge is 2.72. The lowest BCUT2D eigenvalue weighted by molar-refractivity contribution is -0.164. The topological polar surface area (TPSA) is 112 Å². The number of nitrogens with zero attached hydrogens (tertiary/aromatic N) is 2. The number of imide groups is 1. The van der Waals surface area contributed by atoms with Crippen LogP contribution < -0.4 is 4.90 Å². The van der Waals surface area contributed by atoms with Crippen LogP contribution in [0.25, 0.3) is 0 Å². The number of hydrogen-bond acceptors (Lipinski definition) is 8. The molecule has 2 aromatic rings. The van der Waals surface area contributed by atoms with Crippen LogP contribution in [0.15, 0.2) is 58.0 Å². The van der Waals surface area contributed by atoms with E-state index in [1.54, 1.807) is 83.1 Å². The molecular formula is C28H29BrN2O7. The molecule has 4 rings (SSSR count). The number of ether oxygens (including phenoxy) is 3. The maximum atomic E-state index is 14.4. The predicted octanol–water partition coefficient (Wildman–Crippen LogP) is 4.69. The zero-order valence-electron chi connectivity index (χ0n) is 21.8. The minimum absolute atomic E-state index is 0.00554. The molecule has 0 saturated heterocycles. The fourth-order valence-electron chi connectivity index (χ4n) is 5.06. The summed E-state index contributed by atoms with van der Waals surface area (Å²) in [6.07, 6.45) is 0.378. The Morgan fingerprint density at radius 3 is 2.29 bits per heavy atom. The SMILES string of the molecule is CCOC(=O)[C@@H]1[C@@]2(C=N[C@]1(C(=O)OCC)c1ccccc1)C(=O)N(C(=O)OC(C)(C)C)c1ccc(Br)cc12. The van der Waals surface area contributed by atoms with Crippen molar-refractivity contribution in [3.8, 4) is 0 Å². The van der Waals surface area contributed by atoms with E-state index in [1.165, 1.54) is 6.21 Å². The van der Waals surface area contributed by atoms with Gasteiger partial charge < -0.3 is 14.2 Å². The zero-order chi connectivity index (χ0) is 27.9. The van der Waals surface area contributed by atoms with E-state index in [2.05, 4.69) is 20.9 Å². The summed E-state index contributed by atoms with van der Waals surface area (Å²) in [5.74, 6) is -3.92. The summed E-state index contributed by atoms with van der Waals surface area (Å²) < 4.78 is 17.1. The second-order valence-corrected chi connectivity index (χ2v) is 10.9. The van der Waals surface area contributed by atoms with Crippen LogP contribution in [0.3, 0.4) is 0 Å². The van der Waals surface area contributed by atoms with E-state index in [4.69, 9.17) is 14.2 Å². The third-order valence-electron chi connectivity index (χ3n) is 6.45. The molecule has 0 aromatic heterocycles. The minimum Gasteiger partial charge on any atom is -0.466 e. The van der Waals surface area contributed by atoms with E-state index in [1.807, 2.05) is 0 Å². The van der Waals surface area contributed by atoms with Crippen molar-refractivity contribution in [3.05, 3.63) is 64.1 Å². The molecule has 2 aromatic carbocycles. The summed E-state index contributed by atoms with van der Waals surface area (Å²) in [5.41, 5.74) is -3.81. The molecule has 0 N–H and O–H groups in total. The Morgan fingerprint density at radius 2 is 1.68 bits per heavy atom. The van der Waals surface area contributed by atoms with Crippen LogP contribution >= 0.6 is 15.9 Å². The van der Waals surface area contributed by atoms with Crippen molar-refractivity contribution in [2.45, 2.75) is 51.2 Å². The molecule has 2 heterocycles. The summed E-state index contributed by atoms with van der Waals surface area (Å²) in [6.45, 7) is 8.33. The molecule has 0 radical (unpaired) electrons. The number of carbonyl (C=O) groups is 4.